The maximum absolute atomic E-state index is 10.7. The van der Waals surface area contributed by atoms with Crippen LogP contribution in [0.2, 0.25) is 0 Å². The van der Waals surface area contributed by atoms with Crippen LogP contribution in [-0.4, -0.2) is 33.1 Å². The summed E-state index contributed by atoms with van der Waals surface area (Å²) in [6, 6.07) is 0. The highest BCUT2D eigenvalue weighted by Gasteiger charge is 2.22. The summed E-state index contributed by atoms with van der Waals surface area (Å²) >= 11 is 5.76. The van der Waals surface area contributed by atoms with Gasteiger partial charge in [-0.3, -0.25) is 9.59 Å². The lowest BCUT2D eigenvalue weighted by molar-refractivity contribution is -0.137. The summed E-state index contributed by atoms with van der Waals surface area (Å²) in [4.78, 5) is 21.2. The molecule has 0 spiro atoms. The Morgan fingerprint density at radius 3 is 2.57 bits per heavy atom. The van der Waals surface area contributed by atoms with Crippen LogP contribution in [0.5, 0.6) is 0 Å². The van der Waals surface area contributed by atoms with Crippen molar-refractivity contribution >= 4 is 40.2 Å². The van der Waals surface area contributed by atoms with E-state index in [-0.39, 0.29) is 6.42 Å². The van der Waals surface area contributed by atoms with Gasteiger partial charge in [0.25, 0.3) is 0 Å². The van der Waals surface area contributed by atoms with Gasteiger partial charge in [0.2, 0.25) is 5.91 Å². The lowest BCUT2D eigenvalue weighted by atomic mass is 10.3. The van der Waals surface area contributed by atoms with Gasteiger partial charge in [0, 0.05) is 13.0 Å². The molecule has 14 heavy (non-hydrogen) atoms. The van der Waals surface area contributed by atoms with Crippen LogP contribution in [-0.2, 0) is 9.59 Å². The number of thiocarbonyl (C=S) groups is 1. The zero-order chi connectivity index (χ0) is 11.1. The standard InChI is InChI=1S/C7H12N2O3S2/c1-2-9-7(13)14-4(6(11)12)3-5(8)10/h4H,2-3H2,1H3,(H2,8,10)(H,9,13)(H,11,12)/t4-/m0/s1. The van der Waals surface area contributed by atoms with Gasteiger partial charge in [-0.15, -0.1) is 0 Å². The van der Waals surface area contributed by atoms with Gasteiger partial charge < -0.3 is 16.2 Å². The van der Waals surface area contributed by atoms with E-state index in [1.807, 2.05) is 6.92 Å². The molecule has 0 aromatic heterocycles. The van der Waals surface area contributed by atoms with Crippen molar-refractivity contribution in [1.29, 1.82) is 0 Å². The molecule has 80 valence electrons. The summed E-state index contributed by atoms with van der Waals surface area (Å²) in [5.74, 6) is -1.74. The van der Waals surface area contributed by atoms with E-state index in [1.54, 1.807) is 0 Å². The normalized spacial score (nSPS) is 11.8. The second kappa shape index (κ2) is 6.61. The van der Waals surface area contributed by atoms with E-state index >= 15 is 0 Å². The molecular weight excluding hydrogens is 224 g/mol. The topological polar surface area (TPSA) is 92.4 Å². The van der Waals surface area contributed by atoms with Crippen LogP contribution in [0.25, 0.3) is 0 Å². The highest BCUT2D eigenvalue weighted by Crippen LogP contribution is 2.15. The van der Waals surface area contributed by atoms with Crippen molar-refractivity contribution in [3.8, 4) is 0 Å². The predicted molar refractivity (Wildman–Crippen MR) is 59.1 cm³/mol. The van der Waals surface area contributed by atoms with Crippen molar-refractivity contribution < 1.29 is 14.7 Å². The Bertz CT molecular complexity index is 245. The summed E-state index contributed by atoms with van der Waals surface area (Å²) in [7, 11) is 0. The number of nitrogens with one attached hydrogen (secondary N) is 1. The molecule has 0 unspecified atom stereocenters. The number of carbonyl (C=O) groups excluding carboxylic acids is 1. The fraction of sp³-hybridized carbons (Fsp3) is 0.571. The van der Waals surface area contributed by atoms with Crippen LogP contribution in [0, 0.1) is 0 Å². The van der Waals surface area contributed by atoms with Gasteiger partial charge >= 0.3 is 5.97 Å². The number of rotatable bonds is 5. The van der Waals surface area contributed by atoms with E-state index in [0.717, 1.165) is 11.8 Å². The number of primary amides is 1. The smallest absolute Gasteiger partial charge is 0.317 e. The molecule has 0 bridgehead atoms. The molecule has 0 aromatic rings. The van der Waals surface area contributed by atoms with Crippen LogP contribution in [0.3, 0.4) is 0 Å². The first kappa shape index (κ1) is 13.2. The van der Waals surface area contributed by atoms with Gasteiger partial charge in [-0.2, -0.15) is 0 Å². The van der Waals surface area contributed by atoms with E-state index in [1.165, 1.54) is 0 Å². The van der Waals surface area contributed by atoms with E-state index < -0.39 is 17.1 Å². The van der Waals surface area contributed by atoms with Crippen molar-refractivity contribution in [1.82, 2.24) is 5.32 Å². The number of nitrogens with two attached hydrogens (primary N) is 1. The zero-order valence-corrected chi connectivity index (χ0v) is 9.28. The van der Waals surface area contributed by atoms with Crippen molar-refractivity contribution in [3.05, 3.63) is 0 Å². The number of amides is 1. The third-order valence-electron chi connectivity index (χ3n) is 1.23. The minimum Gasteiger partial charge on any atom is -0.480 e. The average molecular weight is 236 g/mol. The van der Waals surface area contributed by atoms with E-state index in [4.69, 9.17) is 23.1 Å². The van der Waals surface area contributed by atoms with E-state index in [9.17, 15) is 9.59 Å². The highest BCUT2D eigenvalue weighted by molar-refractivity contribution is 8.23. The minimum atomic E-state index is -1.09. The second-order valence-corrected chi connectivity index (χ2v) is 4.31. The van der Waals surface area contributed by atoms with Crippen LogP contribution in [0.4, 0.5) is 0 Å². The fourth-order valence-corrected chi connectivity index (χ4v) is 2.00. The SMILES string of the molecule is CCNC(=S)S[C@@H](CC(N)=O)C(=O)O. The van der Waals surface area contributed by atoms with Gasteiger partial charge in [-0.1, -0.05) is 24.0 Å². The molecule has 0 aliphatic rings. The Morgan fingerprint density at radius 1 is 1.64 bits per heavy atom. The number of hydrogen-bond donors (Lipinski definition) is 3. The van der Waals surface area contributed by atoms with Crippen molar-refractivity contribution in [2.45, 2.75) is 18.6 Å². The molecule has 0 aromatic carbocycles. The summed E-state index contributed by atoms with van der Waals surface area (Å²) in [6.45, 7) is 2.46. The molecule has 1 atom stereocenters. The molecule has 0 rings (SSSR count). The molecule has 0 heterocycles. The number of aliphatic carboxylic acids is 1. The molecule has 0 saturated heterocycles. The molecular formula is C7H12N2O3S2. The monoisotopic (exact) mass is 236 g/mol. The Morgan fingerprint density at radius 2 is 2.21 bits per heavy atom. The lowest BCUT2D eigenvalue weighted by Gasteiger charge is -2.10. The molecule has 0 radical (unpaired) electrons. The minimum absolute atomic E-state index is 0.217. The third-order valence-corrected chi connectivity index (χ3v) is 2.68. The molecule has 0 aliphatic carbocycles. The quantitative estimate of drug-likeness (QED) is 0.579. The third kappa shape index (κ3) is 5.76. The molecule has 7 heteroatoms. The predicted octanol–water partition coefficient (Wildman–Crippen LogP) is -0.0574. The Labute approximate surface area is 91.4 Å². The van der Waals surface area contributed by atoms with Crippen LogP contribution < -0.4 is 11.1 Å². The maximum atomic E-state index is 10.7. The largest absolute Gasteiger partial charge is 0.480 e. The first-order chi connectivity index (χ1) is 6.47. The fourth-order valence-electron chi connectivity index (χ4n) is 0.677. The van der Waals surface area contributed by atoms with Crippen LogP contribution in [0.1, 0.15) is 13.3 Å². The summed E-state index contributed by atoms with van der Waals surface area (Å²) < 4.78 is 0.362. The lowest BCUT2D eigenvalue weighted by Crippen LogP contribution is -2.28. The molecule has 4 N–H and O–H groups in total. The van der Waals surface area contributed by atoms with E-state index in [0.29, 0.717) is 10.9 Å². The van der Waals surface area contributed by atoms with Gasteiger partial charge in [0.15, 0.2) is 0 Å². The van der Waals surface area contributed by atoms with Gasteiger partial charge in [0.05, 0.1) is 0 Å². The van der Waals surface area contributed by atoms with Crippen molar-refractivity contribution in [3.63, 3.8) is 0 Å². The molecule has 0 aliphatic heterocycles. The summed E-state index contributed by atoms with van der Waals surface area (Å²) in [5, 5.41) is 10.6. The Hall–Kier alpha value is -0.820. The Kier molecular flexibility index (Phi) is 6.22. The van der Waals surface area contributed by atoms with E-state index in [2.05, 4.69) is 5.32 Å². The van der Waals surface area contributed by atoms with Crippen molar-refractivity contribution in [2.75, 3.05) is 6.54 Å². The average Bonchev–Trinajstić information content (AvgIpc) is 2.02. The van der Waals surface area contributed by atoms with Crippen molar-refractivity contribution in [2.24, 2.45) is 5.73 Å². The number of carbonyl (C=O) groups is 2. The number of carboxylic acid groups (broad SMARTS) is 1. The summed E-state index contributed by atoms with van der Waals surface area (Å²) in [5.41, 5.74) is 4.90. The molecule has 5 nitrogen and oxygen atoms in total. The van der Waals surface area contributed by atoms with Crippen LogP contribution in [0.15, 0.2) is 0 Å². The number of thioether (sulfide) groups is 1. The highest BCUT2D eigenvalue weighted by atomic mass is 32.2. The second-order valence-electron chi connectivity index (χ2n) is 2.43. The molecule has 1 amide bonds. The van der Waals surface area contributed by atoms with Gasteiger partial charge in [-0.05, 0) is 6.92 Å². The first-order valence-electron chi connectivity index (χ1n) is 3.93. The van der Waals surface area contributed by atoms with Gasteiger partial charge in [0.1, 0.15) is 9.57 Å². The number of carboxylic acids is 1. The molecule has 0 saturated carbocycles. The first-order valence-corrected chi connectivity index (χ1v) is 5.21. The summed E-state index contributed by atoms with van der Waals surface area (Å²) in [6.07, 6.45) is -0.217. The molecule has 0 fully saturated rings. The van der Waals surface area contributed by atoms with Gasteiger partial charge in [-0.25, -0.2) is 0 Å². The number of hydrogen-bond acceptors (Lipinski definition) is 4. The maximum Gasteiger partial charge on any atom is 0.317 e. The van der Waals surface area contributed by atoms with Crippen LogP contribution >= 0.6 is 24.0 Å². The Balaban J connectivity index is 4.16. The zero-order valence-electron chi connectivity index (χ0n) is 7.65.